The summed E-state index contributed by atoms with van der Waals surface area (Å²) < 4.78 is 63.2. The standard InChI is InChI=1S/C36H36FN3O8S/c37-29-9-6-27(7-10-29)23-40(35(41)24-46-30-11-13-31(14-12-30)49(43,44)39-16-18-45-19-17-39)32(20-26-4-2-1-3-5-26)36(42)38-22-28-8-15-33-34(21-28)48-25-47-33/h1-15,21,32H,16-20,22-25H2,(H,38,42). The smallest absolute Gasteiger partial charge is 0.261 e. The van der Waals surface area contributed by atoms with Gasteiger partial charge in [-0.3, -0.25) is 9.59 Å². The maximum Gasteiger partial charge on any atom is 0.261 e. The van der Waals surface area contributed by atoms with E-state index < -0.39 is 40.3 Å². The first-order valence-electron chi connectivity index (χ1n) is 15.8. The lowest BCUT2D eigenvalue weighted by Crippen LogP contribution is -2.51. The van der Waals surface area contributed by atoms with E-state index in [1.807, 2.05) is 36.4 Å². The van der Waals surface area contributed by atoms with Crippen LogP contribution in [0.15, 0.2) is 102 Å². The summed E-state index contributed by atoms with van der Waals surface area (Å²) in [6, 6.07) is 25.3. The molecular formula is C36H36FN3O8S. The molecule has 13 heteroatoms. The van der Waals surface area contributed by atoms with Crippen molar-refractivity contribution in [3.8, 4) is 17.2 Å². The maximum absolute atomic E-state index is 14.0. The maximum atomic E-state index is 14.0. The molecule has 256 valence electrons. The van der Waals surface area contributed by atoms with Gasteiger partial charge in [0.1, 0.15) is 17.6 Å². The van der Waals surface area contributed by atoms with Gasteiger partial charge in [-0.2, -0.15) is 4.31 Å². The second kappa shape index (κ2) is 15.5. The summed E-state index contributed by atoms with van der Waals surface area (Å²) >= 11 is 0. The number of carbonyl (C=O) groups excluding carboxylic acids is 2. The molecule has 0 radical (unpaired) electrons. The monoisotopic (exact) mass is 689 g/mol. The first-order chi connectivity index (χ1) is 23.8. The normalized spacial score (nSPS) is 15.0. The van der Waals surface area contributed by atoms with Crippen molar-refractivity contribution >= 4 is 21.8 Å². The molecule has 0 spiro atoms. The quantitative estimate of drug-likeness (QED) is 0.224. The Kier molecular flexibility index (Phi) is 10.7. The van der Waals surface area contributed by atoms with Gasteiger partial charge in [0, 0.05) is 32.6 Å². The highest BCUT2D eigenvalue weighted by molar-refractivity contribution is 7.89. The van der Waals surface area contributed by atoms with Crippen molar-refractivity contribution in [2.24, 2.45) is 0 Å². The highest BCUT2D eigenvalue weighted by Gasteiger charge is 2.31. The number of carbonyl (C=O) groups is 2. The van der Waals surface area contributed by atoms with Crippen LogP contribution in [0.25, 0.3) is 0 Å². The minimum atomic E-state index is -3.70. The minimum Gasteiger partial charge on any atom is -0.484 e. The van der Waals surface area contributed by atoms with Crippen LogP contribution in [0.4, 0.5) is 4.39 Å². The molecule has 1 N–H and O–H groups in total. The van der Waals surface area contributed by atoms with Crippen LogP contribution in [-0.4, -0.2) is 75.2 Å². The zero-order chi connectivity index (χ0) is 34.2. The number of hydrogen-bond donors (Lipinski definition) is 1. The van der Waals surface area contributed by atoms with Crippen LogP contribution >= 0.6 is 0 Å². The minimum absolute atomic E-state index is 0.00808. The van der Waals surface area contributed by atoms with E-state index in [0.29, 0.717) is 30.3 Å². The Morgan fingerprint density at radius 3 is 2.29 bits per heavy atom. The summed E-state index contributed by atoms with van der Waals surface area (Å²) in [5.74, 6) is 0.184. The molecule has 2 aliphatic heterocycles. The highest BCUT2D eigenvalue weighted by atomic mass is 32.2. The van der Waals surface area contributed by atoms with E-state index in [1.54, 1.807) is 24.3 Å². The molecule has 0 saturated carbocycles. The van der Waals surface area contributed by atoms with Crippen molar-refractivity contribution in [2.45, 2.75) is 30.4 Å². The Balaban J connectivity index is 1.21. The Labute approximate surface area is 284 Å². The number of hydrogen-bond acceptors (Lipinski definition) is 8. The summed E-state index contributed by atoms with van der Waals surface area (Å²) in [7, 11) is -3.70. The van der Waals surface area contributed by atoms with Crippen LogP contribution in [0.2, 0.25) is 0 Å². The van der Waals surface area contributed by atoms with E-state index in [9.17, 15) is 22.4 Å². The topological polar surface area (TPSA) is 124 Å². The van der Waals surface area contributed by atoms with E-state index >= 15 is 0 Å². The molecule has 0 aliphatic carbocycles. The molecule has 11 nitrogen and oxygen atoms in total. The number of ether oxygens (including phenoxy) is 4. The number of rotatable bonds is 13. The lowest BCUT2D eigenvalue weighted by Gasteiger charge is -2.31. The van der Waals surface area contributed by atoms with Gasteiger partial charge in [0.05, 0.1) is 18.1 Å². The fraction of sp³-hybridized carbons (Fsp3) is 0.278. The van der Waals surface area contributed by atoms with Crippen LogP contribution < -0.4 is 19.5 Å². The van der Waals surface area contributed by atoms with E-state index in [0.717, 1.165) is 11.1 Å². The van der Waals surface area contributed by atoms with Gasteiger partial charge in [0.25, 0.3) is 5.91 Å². The molecule has 4 aromatic rings. The van der Waals surface area contributed by atoms with Crippen molar-refractivity contribution < 1.29 is 41.3 Å². The first kappa shape index (κ1) is 33.9. The van der Waals surface area contributed by atoms with Crippen LogP contribution in [0.1, 0.15) is 16.7 Å². The number of halogens is 1. The van der Waals surface area contributed by atoms with Crippen molar-refractivity contribution in [3.63, 3.8) is 0 Å². The van der Waals surface area contributed by atoms with Gasteiger partial charge in [0.2, 0.25) is 22.7 Å². The zero-order valence-corrected chi connectivity index (χ0v) is 27.4. The average Bonchev–Trinajstić information content (AvgIpc) is 3.61. The number of morpholine rings is 1. The van der Waals surface area contributed by atoms with E-state index in [4.69, 9.17) is 18.9 Å². The van der Waals surface area contributed by atoms with E-state index in [2.05, 4.69) is 5.32 Å². The molecule has 1 fully saturated rings. The molecule has 1 saturated heterocycles. The fourth-order valence-electron chi connectivity index (χ4n) is 5.57. The van der Waals surface area contributed by atoms with Crippen LogP contribution in [0.5, 0.6) is 17.2 Å². The van der Waals surface area contributed by atoms with Gasteiger partial charge >= 0.3 is 0 Å². The lowest BCUT2D eigenvalue weighted by molar-refractivity contribution is -0.142. The average molecular weight is 690 g/mol. The van der Waals surface area contributed by atoms with E-state index in [1.165, 1.54) is 45.6 Å². The number of fused-ring (bicyclic) bond motifs is 1. The first-order valence-corrected chi connectivity index (χ1v) is 17.2. The van der Waals surface area contributed by atoms with Gasteiger partial charge in [-0.15, -0.1) is 0 Å². The van der Waals surface area contributed by atoms with Gasteiger partial charge in [-0.05, 0) is 65.2 Å². The number of sulfonamides is 1. The predicted octanol–water partition coefficient (Wildman–Crippen LogP) is 3.91. The fourth-order valence-corrected chi connectivity index (χ4v) is 6.98. The van der Waals surface area contributed by atoms with Crippen molar-refractivity contribution in [2.75, 3.05) is 39.7 Å². The third-order valence-corrected chi connectivity index (χ3v) is 10.1. The van der Waals surface area contributed by atoms with Crippen LogP contribution in [0.3, 0.4) is 0 Å². The molecule has 2 heterocycles. The molecule has 4 aromatic carbocycles. The number of nitrogens with zero attached hydrogens (tertiary/aromatic N) is 2. The summed E-state index contributed by atoms with van der Waals surface area (Å²) in [6.07, 6.45) is 0.203. The molecule has 2 aliphatic rings. The second-order valence-corrected chi connectivity index (χ2v) is 13.5. The summed E-state index contributed by atoms with van der Waals surface area (Å²) in [4.78, 5) is 29.4. The summed E-state index contributed by atoms with van der Waals surface area (Å²) in [5.41, 5.74) is 2.24. The molecule has 1 unspecified atom stereocenters. The van der Waals surface area contributed by atoms with Crippen molar-refractivity contribution in [3.05, 3.63) is 120 Å². The molecule has 0 bridgehead atoms. The summed E-state index contributed by atoms with van der Waals surface area (Å²) in [6.45, 7) is 1.09. The lowest BCUT2D eigenvalue weighted by atomic mass is 10.0. The number of nitrogens with one attached hydrogen (secondary N) is 1. The number of amides is 2. The van der Waals surface area contributed by atoms with Gasteiger partial charge < -0.3 is 29.2 Å². The van der Waals surface area contributed by atoms with Gasteiger partial charge in [-0.1, -0.05) is 48.5 Å². The predicted molar refractivity (Wildman–Crippen MR) is 177 cm³/mol. The van der Waals surface area contributed by atoms with Gasteiger partial charge in [0.15, 0.2) is 18.1 Å². The molecule has 6 rings (SSSR count). The molecule has 0 aromatic heterocycles. The third kappa shape index (κ3) is 8.55. The Morgan fingerprint density at radius 1 is 0.857 bits per heavy atom. The largest absolute Gasteiger partial charge is 0.484 e. The van der Waals surface area contributed by atoms with Gasteiger partial charge in [-0.25, -0.2) is 12.8 Å². The molecule has 2 amide bonds. The number of benzene rings is 4. The molecule has 49 heavy (non-hydrogen) atoms. The third-order valence-electron chi connectivity index (χ3n) is 8.23. The SMILES string of the molecule is O=C(NCc1ccc2c(c1)OCO2)C(Cc1ccccc1)N(Cc1ccc(F)cc1)C(=O)COc1ccc(S(=O)(=O)N2CCOCC2)cc1. The van der Waals surface area contributed by atoms with Crippen molar-refractivity contribution in [1.82, 2.24) is 14.5 Å². The second-order valence-electron chi connectivity index (χ2n) is 11.5. The Morgan fingerprint density at radius 2 is 1.55 bits per heavy atom. The molecule has 1 atom stereocenters. The van der Waals surface area contributed by atoms with Crippen molar-refractivity contribution in [1.29, 1.82) is 0 Å². The molecular weight excluding hydrogens is 653 g/mol. The highest BCUT2D eigenvalue weighted by Crippen LogP contribution is 2.32. The zero-order valence-electron chi connectivity index (χ0n) is 26.6. The Bertz CT molecular complexity index is 1850. The van der Waals surface area contributed by atoms with Crippen LogP contribution in [0, 0.1) is 5.82 Å². The van der Waals surface area contributed by atoms with E-state index in [-0.39, 0.29) is 50.0 Å². The Hall–Kier alpha value is -4.98. The van der Waals surface area contributed by atoms with Crippen LogP contribution in [-0.2, 0) is 43.9 Å². The summed E-state index contributed by atoms with van der Waals surface area (Å²) in [5, 5.41) is 2.96.